The van der Waals surface area contributed by atoms with E-state index in [4.69, 9.17) is 77.0 Å². The van der Waals surface area contributed by atoms with E-state index in [0.29, 0.717) is 52.7 Å². The molecule has 38 heavy (non-hydrogen) atoms. The normalized spacial score (nSPS) is 11.2. The van der Waals surface area contributed by atoms with Crippen molar-refractivity contribution in [1.29, 1.82) is 0 Å². The van der Waals surface area contributed by atoms with E-state index < -0.39 is 11.1 Å². The molecular formula is C26H25Cl5N2O5. The van der Waals surface area contributed by atoms with E-state index in [1.54, 1.807) is 36.4 Å². The molecule has 0 atom stereocenters. The second-order valence-electron chi connectivity index (χ2n) is 8.86. The van der Waals surface area contributed by atoms with E-state index in [0.717, 1.165) is 0 Å². The van der Waals surface area contributed by atoms with Gasteiger partial charge in [0.25, 0.3) is 5.56 Å². The smallest absolute Gasteiger partial charge is 0.289 e. The minimum atomic E-state index is -0.501. The van der Waals surface area contributed by atoms with Crippen LogP contribution in [-0.2, 0) is 5.54 Å². The maximum atomic E-state index is 12.5. The average molecular weight is 623 g/mol. The predicted molar refractivity (Wildman–Crippen MR) is 152 cm³/mol. The van der Waals surface area contributed by atoms with Crippen molar-refractivity contribution < 1.29 is 18.9 Å². The van der Waals surface area contributed by atoms with Crippen LogP contribution in [-0.4, -0.2) is 29.6 Å². The minimum Gasteiger partial charge on any atom is -0.493 e. The van der Waals surface area contributed by atoms with E-state index in [1.807, 2.05) is 20.8 Å². The second kappa shape index (κ2) is 13.7. The maximum Gasteiger partial charge on any atom is 0.289 e. The van der Waals surface area contributed by atoms with Gasteiger partial charge in [-0.05, 0) is 51.1 Å². The van der Waals surface area contributed by atoms with Crippen LogP contribution in [0.5, 0.6) is 28.7 Å². The van der Waals surface area contributed by atoms with E-state index in [-0.39, 0.29) is 21.9 Å². The Bertz CT molecular complexity index is 1310. The number of nitrogens with zero attached hydrogens (tertiary/aromatic N) is 2. The molecule has 0 spiro atoms. The third-order valence-corrected chi connectivity index (χ3v) is 6.06. The van der Waals surface area contributed by atoms with E-state index in [1.165, 1.54) is 17.0 Å². The van der Waals surface area contributed by atoms with Gasteiger partial charge in [0, 0.05) is 18.6 Å². The summed E-state index contributed by atoms with van der Waals surface area (Å²) >= 11 is 29.9. The first-order valence-electron chi connectivity index (χ1n) is 11.4. The molecule has 0 N–H and O–H groups in total. The van der Waals surface area contributed by atoms with Crippen molar-refractivity contribution in [2.75, 3.05) is 19.8 Å². The molecule has 0 aliphatic heterocycles. The van der Waals surface area contributed by atoms with Crippen molar-refractivity contribution in [1.82, 2.24) is 9.78 Å². The van der Waals surface area contributed by atoms with Crippen molar-refractivity contribution in [3.05, 3.63) is 78.6 Å². The molecule has 0 unspecified atom stereocenters. The van der Waals surface area contributed by atoms with Crippen LogP contribution in [0.1, 0.15) is 27.2 Å². The van der Waals surface area contributed by atoms with Crippen LogP contribution in [0.2, 0.25) is 15.1 Å². The molecule has 0 aliphatic carbocycles. The van der Waals surface area contributed by atoms with E-state index >= 15 is 0 Å². The fourth-order valence-corrected chi connectivity index (χ4v) is 3.95. The molecule has 12 heteroatoms. The van der Waals surface area contributed by atoms with Crippen LogP contribution in [0.4, 0.5) is 0 Å². The van der Waals surface area contributed by atoms with Gasteiger partial charge in [-0.3, -0.25) is 4.79 Å². The molecule has 3 rings (SSSR count). The Morgan fingerprint density at radius 2 is 1.53 bits per heavy atom. The molecule has 0 radical (unpaired) electrons. The number of aromatic nitrogens is 2. The highest BCUT2D eigenvalue weighted by Gasteiger charge is 2.20. The molecule has 2 aromatic carbocycles. The van der Waals surface area contributed by atoms with Gasteiger partial charge in [-0.2, -0.15) is 5.10 Å². The van der Waals surface area contributed by atoms with Gasteiger partial charge in [0.05, 0.1) is 35.0 Å². The molecule has 1 aromatic heterocycles. The highest BCUT2D eigenvalue weighted by molar-refractivity contribution is 6.55. The van der Waals surface area contributed by atoms with Gasteiger partial charge in [0.15, 0.2) is 16.5 Å². The fourth-order valence-electron chi connectivity index (χ4n) is 3.08. The zero-order valence-corrected chi connectivity index (χ0v) is 24.6. The van der Waals surface area contributed by atoms with E-state index in [2.05, 4.69) is 5.10 Å². The van der Waals surface area contributed by atoms with Crippen molar-refractivity contribution in [2.24, 2.45) is 0 Å². The Hall–Kier alpha value is -2.29. The van der Waals surface area contributed by atoms with Gasteiger partial charge in [-0.15, -0.1) is 0 Å². The summed E-state index contributed by atoms with van der Waals surface area (Å²) in [4.78, 5) is 12.5. The summed E-state index contributed by atoms with van der Waals surface area (Å²) in [5.74, 6) is 2.11. The number of hydrogen-bond acceptors (Lipinski definition) is 6. The third-order valence-electron chi connectivity index (χ3n) is 4.84. The Morgan fingerprint density at radius 1 is 0.921 bits per heavy atom. The van der Waals surface area contributed by atoms with Gasteiger partial charge >= 0.3 is 0 Å². The Morgan fingerprint density at radius 3 is 2.13 bits per heavy atom. The quantitative estimate of drug-likeness (QED) is 0.200. The van der Waals surface area contributed by atoms with Crippen molar-refractivity contribution in [3.63, 3.8) is 0 Å². The van der Waals surface area contributed by atoms with Gasteiger partial charge < -0.3 is 18.9 Å². The number of rotatable bonds is 11. The first-order valence-corrected chi connectivity index (χ1v) is 13.3. The van der Waals surface area contributed by atoms with Crippen molar-refractivity contribution in [2.45, 2.75) is 32.7 Å². The summed E-state index contributed by atoms with van der Waals surface area (Å²) in [5, 5.41) is 4.76. The Balaban J connectivity index is 1.47. The van der Waals surface area contributed by atoms with Crippen LogP contribution in [0.15, 0.2) is 58.0 Å². The third kappa shape index (κ3) is 8.61. The number of benzene rings is 2. The minimum absolute atomic E-state index is 0.0361. The molecule has 0 saturated heterocycles. The highest BCUT2D eigenvalue weighted by Crippen LogP contribution is 2.37. The summed E-state index contributed by atoms with van der Waals surface area (Å²) in [6.07, 6.45) is 3.50. The van der Waals surface area contributed by atoms with Gasteiger partial charge in [-0.1, -0.05) is 58.0 Å². The molecule has 0 fully saturated rings. The van der Waals surface area contributed by atoms with Crippen LogP contribution in [0.25, 0.3) is 0 Å². The zero-order valence-electron chi connectivity index (χ0n) is 20.8. The lowest BCUT2D eigenvalue weighted by atomic mass is 10.1. The largest absolute Gasteiger partial charge is 0.493 e. The number of halogens is 5. The molecular weight excluding hydrogens is 598 g/mol. The summed E-state index contributed by atoms with van der Waals surface area (Å²) < 4.78 is 24.1. The predicted octanol–water partition coefficient (Wildman–Crippen LogP) is 8.30. The summed E-state index contributed by atoms with van der Waals surface area (Å²) in [7, 11) is 0. The molecule has 0 saturated carbocycles. The topological polar surface area (TPSA) is 71.8 Å². The Labute approximate surface area is 245 Å². The highest BCUT2D eigenvalue weighted by atomic mass is 35.5. The first-order chi connectivity index (χ1) is 18.0. The molecule has 7 nitrogen and oxygen atoms in total. The van der Waals surface area contributed by atoms with Gasteiger partial charge in [0.1, 0.15) is 28.3 Å². The van der Waals surface area contributed by atoms with Gasteiger partial charge in [0.2, 0.25) is 0 Å². The monoisotopic (exact) mass is 620 g/mol. The average Bonchev–Trinajstić information content (AvgIpc) is 2.83. The zero-order chi connectivity index (χ0) is 27.9. The maximum absolute atomic E-state index is 12.5. The van der Waals surface area contributed by atoms with Crippen LogP contribution >= 0.6 is 58.0 Å². The van der Waals surface area contributed by atoms with Gasteiger partial charge in [-0.25, -0.2) is 4.68 Å². The van der Waals surface area contributed by atoms with Crippen molar-refractivity contribution in [3.8, 4) is 28.7 Å². The molecule has 0 amide bonds. The van der Waals surface area contributed by atoms with E-state index in [9.17, 15) is 4.79 Å². The van der Waals surface area contributed by atoms with Crippen LogP contribution in [0.3, 0.4) is 0 Å². The lowest BCUT2D eigenvalue weighted by molar-refractivity contribution is 0.247. The molecule has 3 aromatic rings. The lowest BCUT2D eigenvalue weighted by Crippen LogP contribution is -2.36. The van der Waals surface area contributed by atoms with Crippen LogP contribution in [0, 0.1) is 0 Å². The number of ether oxygens (including phenoxy) is 4. The summed E-state index contributed by atoms with van der Waals surface area (Å²) in [5.41, 5.74) is -0.921. The standard InChI is InChI=1S/C26H25Cl5N2O5/c1-26(2,3)33-25(34)23(31)21(15-32-33)38-17-7-5-16(6-8-17)35-10-4-11-37-24-19(27)13-18(14-20(24)28)36-12-9-22(29)30/h5-9,13-15H,4,10-12H2,1-3H3. The Kier molecular flexibility index (Phi) is 10.9. The fraction of sp³-hybridized carbons (Fsp3) is 0.308. The SMILES string of the molecule is CC(C)(C)n1ncc(Oc2ccc(OCCCOc3c(Cl)cc(OCC=C(Cl)Cl)cc3Cl)cc2)c(Cl)c1=O. The molecule has 204 valence electrons. The molecule has 0 bridgehead atoms. The van der Waals surface area contributed by atoms with Crippen LogP contribution < -0.4 is 24.5 Å². The van der Waals surface area contributed by atoms with Crippen molar-refractivity contribution >= 4 is 58.0 Å². The first kappa shape index (κ1) is 30.3. The molecule has 0 aliphatic rings. The second-order valence-corrected chi connectivity index (χ2v) is 11.1. The lowest BCUT2D eigenvalue weighted by Gasteiger charge is -2.21. The summed E-state index contributed by atoms with van der Waals surface area (Å²) in [6.45, 7) is 6.49. The number of hydrogen-bond donors (Lipinski definition) is 0. The molecule has 1 heterocycles. The summed E-state index contributed by atoms with van der Waals surface area (Å²) in [6, 6.07) is 10.1.